The summed E-state index contributed by atoms with van der Waals surface area (Å²) >= 11 is 0. The Morgan fingerprint density at radius 3 is 1.72 bits per heavy atom. The molecule has 0 saturated carbocycles. The third kappa shape index (κ3) is 5.01. The van der Waals surface area contributed by atoms with Crippen LogP contribution in [0.5, 0.6) is 5.75 Å². The molecular formula is C9H8ClF6NO. The van der Waals surface area contributed by atoms with E-state index in [1.807, 2.05) is 0 Å². The molecule has 0 aliphatic carbocycles. The molecule has 0 bridgehead atoms. The Kier molecular flexibility index (Phi) is 5.30. The van der Waals surface area contributed by atoms with E-state index in [9.17, 15) is 26.3 Å². The van der Waals surface area contributed by atoms with Gasteiger partial charge >= 0.3 is 12.5 Å². The highest BCUT2D eigenvalue weighted by Gasteiger charge is 2.38. The van der Waals surface area contributed by atoms with Gasteiger partial charge in [-0.15, -0.1) is 25.6 Å². The molecule has 0 saturated heterocycles. The molecule has 0 aromatic heterocycles. The predicted octanol–water partition coefficient (Wildman–Crippen LogP) is 3.57. The topological polar surface area (TPSA) is 35.2 Å². The van der Waals surface area contributed by atoms with Gasteiger partial charge in [0, 0.05) is 0 Å². The highest BCUT2D eigenvalue weighted by Crippen LogP contribution is 2.31. The molecular weight excluding hydrogens is 288 g/mol. The van der Waals surface area contributed by atoms with Gasteiger partial charge in [-0.05, 0) is 17.7 Å². The molecule has 18 heavy (non-hydrogen) atoms. The lowest BCUT2D eigenvalue weighted by atomic mass is 10.1. The van der Waals surface area contributed by atoms with Gasteiger partial charge in [-0.2, -0.15) is 13.2 Å². The van der Waals surface area contributed by atoms with Gasteiger partial charge in [0.1, 0.15) is 11.8 Å². The maximum absolute atomic E-state index is 12.2. The van der Waals surface area contributed by atoms with Gasteiger partial charge in [0.05, 0.1) is 0 Å². The molecule has 1 atom stereocenters. The molecule has 0 amide bonds. The largest absolute Gasteiger partial charge is 0.573 e. The van der Waals surface area contributed by atoms with Crippen LogP contribution in [0.1, 0.15) is 11.6 Å². The fourth-order valence-electron chi connectivity index (χ4n) is 1.07. The Balaban J connectivity index is 0.00000289. The molecule has 0 heterocycles. The fraction of sp³-hybridized carbons (Fsp3) is 0.333. The highest BCUT2D eigenvalue weighted by atomic mass is 35.5. The lowest BCUT2D eigenvalue weighted by molar-refractivity contribution is -0.274. The standard InChI is InChI=1S/C9H7F6NO.ClH/c10-8(11,12)7(16)5-1-3-6(4-2-5)17-9(13,14)15;/h1-4,7H,16H2;1H/t7-;/m0./s1. The molecule has 0 spiro atoms. The maximum Gasteiger partial charge on any atom is 0.573 e. The van der Waals surface area contributed by atoms with Crippen molar-refractivity contribution in [3.8, 4) is 5.75 Å². The average molecular weight is 296 g/mol. The molecule has 0 fully saturated rings. The number of rotatable bonds is 2. The van der Waals surface area contributed by atoms with Gasteiger partial charge in [0.15, 0.2) is 0 Å². The second-order valence-corrected chi connectivity index (χ2v) is 3.14. The van der Waals surface area contributed by atoms with Crippen molar-refractivity contribution in [2.45, 2.75) is 18.6 Å². The first-order chi connectivity index (χ1) is 7.59. The van der Waals surface area contributed by atoms with Crippen LogP contribution in [0.25, 0.3) is 0 Å². The van der Waals surface area contributed by atoms with Gasteiger partial charge in [-0.25, -0.2) is 0 Å². The third-order valence-corrected chi connectivity index (χ3v) is 1.83. The normalized spacial score (nSPS) is 13.7. The van der Waals surface area contributed by atoms with E-state index >= 15 is 0 Å². The number of halogens is 7. The summed E-state index contributed by atoms with van der Waals surface area (Å²) in [6.45, 7) is 0. The van der Waals surface area contributed by atoms with E-state index in [1.54, 1.807) is 0 Å². The van der Waals surface area contributed by atoms with E-state index in [4.69, 9.17) is 5.73 Å². The molecule has 9 heteroatoms. The summed E-state index contributed by atoms with van der Waals surface area (Å²) in [7, 11) is 0. The van der Waals surface area contributed by atoms with Gasteiger partial charge in [-0.1, -0.05) is 12.1 Å². The number of hydrogen-bond acceptors (Lipinski definition) is 2. The number of ether oxygens (including phenoxy) is 1. The number of benzene rings is 1. The molecule has 2 nitrogen and oxygen atoms in total. The minimum atomic E-state index is -4.88. The SMILES string of the molecule is Cl.N[C@@H](c1ccc(OC(F)(F)F)cc1)C(F)(F)F. The zero-order chi connectivity index (χ0) is 13.3. The summed E-state index contributed by atoms with van der Waals surface area (Å²) in [5.74, 6) is -0.601. The third-order valence-electron chi connectivity index (χ3n) is 1.83. The Morgan fingerprint density at radius 2 is 1.39 bits per heavy atom. The Bertz CT molecular complexity index is 374. The highest BCUT2D eigenvalue weighted by molar-refractivity contribution is 5.85. The second-order valence-electron chi connectivity index (χ2n) is 3.14. The Morgan fingerprint density at radius 1 is 0.944 bits per heavy atom. The van der Waals surface area contributed by atoms with Crippen molar-refractivity contribution in [3.63, 3.8) is 0 Å². The van der Waals surface area contributed by atoms with Crippen molar-refractivity contribution >= 4 is 12.4 Å². The van der Waals surface area contributed by atoms with Crippen LogP contribution >= 0.6 is 12.4 Å². The monoisotopic (exact) mass is 295 g/mol. The van der Waals surface area contributed by atoms with Crippen LogP contribution in [-0.2, 0) is 0 Å². The smallest absolute Gasteiger partial charge is 0.406 e. The fourth-order valence-corrected chi connectivity index (χ4v) is 1.07. The van der Waals surface area contributed by atoms with Crippen molar-refractivity contribution < 1.29 is 31.1 Å². The van der Waals surface area contributed by atoms with E-state index in [1.165, 1.54) is 0 Å². The van der Waals surface area contributed by atoms with Crippen LogP contribution in [0, 0.1) is 0 Å². The number of hydrogen-bond donors (Lipinski definition) is 1. The molecule has 1 aromatic carbocycles. The van der Waals surface area contributed by atoms with Crippen LogP contribution in [0.2, 0.25) is 0 Å². The van der Waals surface area contributed by atoms with E-state index in [0.29, 0.717) is 0 Å². The summed E-state index contributed by atoms with van der Waals surface area (Å²) in [4.78, 5) is 0. The van der Waals surface area contributed by atoms with E-state index < -0.39 is 24.3 Å². The van der Waals surface area contributed by atoms with Crippen molar-refractivity contribution in [2.75, 3.05) is 0 Å². The Labute approximate surface area is 104 Å². The molecule has 0 aliphatic rings. The van der Waals surface area contributed by atoms with E-state index in [-0.39, 0.29) is 18.0 Å². The first-order valence-electron chi connectivity index (χ1n) is 4.27. The average Bonchev–Trinajstić information content (AvgIpc) is 2.14. The van der Waals surface area contributed by atoms with Crippen LogP contribution in [0.3, 0.4) is 0 Å². The van der Waals surface area contributed by atoms with Crippen molar-refractivity contribution in [1.29, 1.82) is 0 Å². The quantitative estimate of drug-likeness (QED) is 0.847. The van der Waals surface area contributed by atoms with Crippen LogP contribution in [0.15, 0.2) is 24.3 Å². The van der Waals surface area contributed by atoms with E-state index in [0.717, 1.165) is 24.3 Å². The first-order valence-corrected chi connectivity index (χ1v) is 4.27. The molecule has 1 aromatic rings. The van der Waals surface area contributed by atoms with Crippen molar-refractivity contribution in [2.24, 2.45) is 5.73 Å². The van der Waals surface area contributed by atoms with Gasteiger partial charge < -0.3 is 10.5 Å². The number of nitrogens with two attached hydrogens (primary N) is 1. The minimum Gasteiger partial charge on any atom is -0.406 e. The lowest BCUT2D eigenvalue weighted by Gasteiger charge is -2.16. The van der Waals surface area contributed by atoms with Crippen LogP contribution in [0.4, 0.5) is 26.3 Å². The molecule has 104 valence electrons. The molecule has 1 rings (SSSR count). The van der Waals surface area contributed by atoms with Gasteiger partial charge in [0.2, 0.25) is 0 Å². The van der Waals surface area contributed by atoms with Gasteiger partial charge in [-0.3, -0.25) is 0 Å². The Hall–Kier alpha value is -1.15. The molecule has 2 N–H and O–H groups in total. The summed E-state index contributed by atoms with van der Waals surface area (Å²) < 4.78 is 75.3. The van der Waals surface area contributed by atoms with Crippen LogP contribution in [-0.4, -0.2) is 12.5 Å². The summed E-state index contributed by atoms with van der Waals surface area (Å²) in [5, 5.41) is 0. The lowest BCUT2D eigenvalue weighted by Crippen LogP contribution is -2.28. The molecule has 0 unspecified atom stereocenters. The zero-order valence-electron chi connectivity index (χ0n) is 8.55. The van der Waals surface area contributed by atoms with Crippen LogP contribution < -0.4 is 10.5 Å². The van der Waals surface area contributed by atoms with Crippen molar-refractivity contribution in [1.82, 2.24) is 0 Å². The minimum absolute atomic E-state index is 0. The summed E-state index contributed by atoms with van der Waals surface area (Å²) in [5.41, 5.74) is 4.52. The second kappa shape index (κ2) is 5.66. The van der Waals surface area contributed by atoms with E-state index in [2.05, 4.69) is 4.74 Å². The maximum atomic E-state index is 12.2. The summed E-state index contributed by atoms with van der Waals surface area (Å²) in [6.07, 6.45) is -9.53. The molecule has 0 aliphatic heterocycles. The van der Waals surface area contributed by atoms with Crippen molar-refractivity contribution in [3.05, 3.63) is 29.8 Å². The number of alkyl halides is 6. The van der Waals surface area contributed by atoms with Gasteiger partial charge in [0.25, 0.3) is 0 Å². The predicted molar refractivity (Wildman–Crippen MR) is 53.4 cm³/mol. The summed E-state index contributed by atoms with van der Waals surface area (Å²) in [6, 6.07) is 0.976. The zero-order valence-corrected chi connectivity index (χ0v) is 9.36. The molecule has 0 radical (unpaired) electrons. The first kappa shape index (κ1) is 16.9.